The van der Waals surface area contributed by atoms with Crippen LogP contribution in [0.4, 0.5) is 14.5 Å². The molecule has 0 radical (unpaired) electrons. The quantitative estimate of drug-likeness (QED) is 0.180. The van der Waals surface area contributed by atoms with E-state index < -0.39 is 5.82 Å². The van der Waals surface area contributed by atoms with Crippen molar-refractivity contribution in [2.75, 3.05) is 24.5 Å². The number of aryl methyl sites for hydroxylation is 2. The number of carbonyl (C=O) groups excluding carboxylic acids is 1. The summed E-state index contributed by atoms with van der Waals surface area (Å²) in [5.74, 6) is -0.0563. The summed E-state index contributed by atoms with van der Waals surface area (Å²) >= 11 is 13.1. The fourth-order valence-corrected chi connectivity index (χ4v) is 10.6. The van der Waals surface area contributed by atoms with Crippen molar-refractivity contribution in [3.8, 4) is 17.2 Å². The maximum absolute atomic E-state index is 17.3. The molecule has 6 fully saturated rings. The maximum atomic E-state index is 17.3. The van der Waals surface area contributed by atoms with Gasteiger partial charge in [0.2, 0.25) is 5.91 Å². The maximum Gasteiger partial charge on any atom is 0.226 e. The fourth-order valence-electron chi connectivity index (χ4n) is 10.2. The SMILES string of the molecule is Cc1nc2c(F)c(-c3cccc(Cl)c3Cl)c(CCC#N)cc2c2c1cc([C@H]1[C@H]3C[C@H](CN(c4ccccc4F)C3)N1C(=O)C1CC1)n2[C@H]1[C@H]2CN[C@@H]1C2. The van der Waals surface area contributed by atoms with Gasteiger partial charge in [0.25, 0.3) is 0 Å². The lowest BCUT2D eigenvalue weighted by molar-refractivity contribution is -0.135. The number of likely N-dealkylation sites (tertiary alicyclic amines) is 1. The average Bonchev–Trinajstić information content (AvgIpc) is 3.43. The molecule has 7 nitrogen and oxygen atoms in total. The second-order valence-electron chi connectivity index (χ2n) is 15.8. The zero-order chi connectivity index (χ0) is 36.3. The monoisotopic (exact) mass is 750 g/mol. The van der Waals surface area contributed by atoms with Crippen molar-refractivity contribution in [3.63, 3.8) is 0 Å². The van der Waals surface area contributed by atoms with Crippen LogP contribution in [0.15, 0.2) is 54.6 Å². The number of nitrogens with zero attached hydrogens (tertiary/aromatic N) is 5. The van der Waals surface area contributed by atoms with Gasteiger partial charge in [-0.2, -0.15) is 5.26 Å². The van der Waals surface area contributed by atoms with E-state index in [1.54, 1.807) is 24.3 Å². The first kappa shape index (κ1) is 33.3. The number of nitriles is 1. The second-order valence-corrected chi connectivity index (χ2v) is 16.5. The molecule has 5 aromatic rings. The van der Waals surface area contributed by atoms with E-state index in [1.807, 2.05) is 25.1 Å². The number of anilines is 1. The summed E-state index contributed by atoms with van der Waals surface area (Å²) in [4.78, 5) is 23.6. The fraction of sp³-hybridized carbons (Fsp3) is 0.405. The smallest absolute Gasteiger partial charge is 0.226 e. The number of carbonyl (C=O) groups is 1. The summed E-state index contributed by atoms with van der Waals surface area (Å²) in [5, 5.41) is 15.6. The van der Waals surface area contributed by atoms with Gasteiger partial charge < -0.3 is 19.7 Å². The highest BCUT2D eigenvalue weighted by molar-refractivity contribution is 6.43. The lowest BCUT2D eigenvalue weighted by atomic mass is 9.79. The van der Waals surface area contributed by atoms with E-state index >= 15 is 8.78 Å². The van der Waals surface area contributed by atoms with Gasteiger partial charge in [-0.3, -0.25) is 4.79 Å². The average molecular weight is 752 g/mol. The van der Waals surface area contributed by atoms with Crippen LogP contribution in [0, 0.1) is 47.6 Å². The van der Waals surface area contributed by atoms with Gasteiger partial charge in [-0.15, -0.1) is 0 Å². The Balaban J connectivity index is 1.22. The molecule has 3 aromatic carbocycles. The number of rotatable bonds is 7. The predicted octanol–water partition coefficient (Wildman–Crippen LogP) is 8.93. The van der Waals surface area contributed by atoms with Gasteiger partial charge in [-0.05, 0) is 80.8 Å². The van der Waals surface area contributed by atoms with Crippen LogP contribution in [-0.2, 0) is 11.2 Å². The molecule has 11 heteroatoms. The molecule has 2 aliphatic carbocycles. The molecule has 2 saturated carbocycles. The molecule has 1 amide bonds. The van der Waals surface area contributed by atoms with Gasteiger partial charge in [0.15, 0.2) is 5.82 Å². The molecule has 270 valence electrons. The van der Waals surface area contributed by atoms with Crippen LogP contribution in [0.2, 0.25) is 10.0 Å². The third-order valence-corrected chi connectivity index (χ3v) is 13.5. The van der Waals surface area contributed by atoms with Gasteiger partial charge in [-0.25, -0.2) is 13.8 Å². The van der Waals surface area contributed by atoms with Crippen LogP contribution in [0.25, 0.3) is 32.9 Å². The van der Waals surface area contributed by atoms with Crippen LogP contribution in [0.1, 0.15) is 61.1 Å². The number of piperidine rings is 1. The van der Waals surface area contributed by atoms with Crippen molar-refractivity contribution in [1.29, 1.82) is 5.26 Å². The second kappa shape index (κ2) is 12.4. The standard InChI is InChI=1S/C42H38Cl2F2N6O/c1-21-28-17-34(40-25-14-26(51(40)42(53)22-11-12-22)20-50(19-25)33-10-3-2-9-31(33)45)52(39-24-16-32(39)48-18-24)41(28)29-15-23(6-5-13-47)35(37(46)38(29)49-21)27-7-4-8-30(43)36(27)44/h2-4,7-10,15,17,22,24-26,32,39-40,48H,5-6,11-12,14,16,18-20H2,1H3/t24-,25+,26-,32-,39+,40-/m1/s1. The summed E-state index contributed by atoms with van der Waals surface area (Å²) in [6, 6.07) is 18.7. The number of para-hydroxylation sites is 1. The van der Waals surface area contributed by atoms with E-state index in [4.69, 9.17) is 28.2 Å². The van der Waals surface area contributed by atoms with E-state index in [9.17, 15) is 10.1 Å². The first-order valence-electron chi connectivity index (χ1n) is 18.8. The number of pyridine rings is 1. The number of aromatic nitrogens is 2. The molecule has 11 rings (SSSR count). The van der Waals surface area contributed by atoms with Crippen molar-refractivity contribution >= 4 is 56.6 Å². The third kappa shape index (κ3) is 5.05. The highest BCUT2D eigenvalue weighted by Crippen LogP contribution is 2.54. The zero-order valence-corrected chi connectivity index (χ0v) is 30.8. The van der Waals surface area contributed by atoms with E-state index in [-0.39, 0.29) is 64.7 Å². The van der Waals surface area contributed by atoms with Crippen molar-refractivity contribution in [2.45, 2.75) is 69.6 Å². The Bertz CT molecular complexity index is 2390. The number of benzene rings is 3. The summed E-state index contributed by atoms with van der Waals surface area (Å²) in [6.45, 7) is 4.04. The third-order valence-electron chi connectivity index (χ3n) is 12.7. The Morgan fingerprint density at radius 3 is 2.60 bits per heavy atom. The van der Waals surface area contributed by atoms with Crippen LogP contribution >= 0.6 is 23.2 Å². The Labute approximate surface area is 316 Å². The molecule has 53 heavy (non-hydrogen) atoms. The highest BCUT2D eigenvalue weighted by atomic mass is 35.5. The minimum atomic E-state index is -0.489. The van der Waals surface area contributed by atoms with E-state index in [0.717, 1.165) is 48.8 Å². The number of hydrogen-bond donors (Lipinski definition) is 1. The van der Waals surface area contributed by atoms with Crippen LogP contribution in [-0.4, -0.2) is 52.1 Å². The predicted molar refractivity (Wildman–Crippen MR) is 203 cm³/mol. The number of fused-ring (bicyclic) bond motifs is 6. The largest absolute Gasteiger partial charge is 0.367 e. The lowest BCUT2D eigenvalue weighted by Crippen LogP contribution is -2.45. The molecule has 2 aromatic heterocycles. The molecule has 6 heterocycles. The first-order chi connectivity index (χ1) is 25.7. The topological polar surface area (TPSA) is 77.2 Å². The van der Waals surface area contributed by atoms with Gasteiger partial charge in [0, 0.05) is 77.2 Å². The van der Waals surface area contributed by atoms with Gasteiger partial charge in [-0.1, -0.05) is 47.5 Å². The van der Waals surface area contributed by atoms with E-state index in [2.05, 4.69) is 31.8 Å². The minimum Gasteiger partial charge on any atom is -0.367 e. The highest BCUT2D eigenvalue weighted by Gasteiger charge is 2.55. The molecule has 4 bridgehead atoms. The van der Waals surface area contributed by atoms with Crippen LogP contribution < -0.4 is 10.2 Å². The van der Waals surface area contributed by atoms with Crippen LogP contribution in [0.5, 0.6) is 0 Å². The number of amides is 1. The summed E-state index contributed by atoms with van der Waals surface area (Å²) in [7, 11) is 0. The summed E-state index contributed by atoms with van der Waals surface area (Å²) in [6.07, 6.45) is 4.22. The van der Waals surface area contributed by atoms with E-state index in [0.29, 0.717) is 63.9 Å². The number of hydrogen-bond acceptors (Lipinski definition) is 5. The normalized spacial score (nSPS) is 26.0. The zero-order valence-electron chi connectivity index (χ0n) is 29.3. The first-order valence-corrected chi connectivity index (χ1v) is 19.5. The molecule has 4 saturated heterocycles. The molecule has 0 spiro atoms. The van der Waals surface area contributed by atoms with Crippen molar-refractivity contribution < 1.29 is 13.6 Å². The molecule has 6 aliphatic rings. The summed E-state index contributed by atoms with van der Waals surface area (Å²) < 4.78 is 35.0. The Kier molecular flexibility index (Phi) is 7.81. The Hall–Kier alpha value is -4.23. The molecular formula is C42H38Cl2F2N6O. The lowest BCUT2D eigenvalue weighted by Gasteiger charge is -2.40. The summed E-state index contributed by atoms with van der Waals surface area (Å²) in [5.41, 5.74) is 4.94. The molecule has 6 atom stereocenters. The van der Waals surface area contributed by atoms with Gasteiger partial charge >= 0.3 is 0 Å². The molecule has 4 aliphatic heterocycles. The minimum absolute atomic E-state index is 0.0240. The Morgan fingerprint density at radius 2 is 1.87 bits per heavy atom. The van der Waals surface area contributed by atoms with Crippen molar-refractivity contribution in [1.82, 2.24) is 19.8 Å². The number of nitrogens with one attached hydrogen (secondary N) is 1. The van der Waals surface area contributed by atoms with E-state index in [1.165, 1.54) is 6.07 Å². The van der Waals surface area contributed by atoms with Gasteiger partial charge in [0.1, 0.15) is 11.3 Å². The van der Waals surface area contributed by atoms with Gasteiger partial charge in [0.05, 0.1) is 45.4 Å². The number of halogens is 4. The van der Waals surface area contributed by atoms with Crippen molar-refractivity contribution in [2.24, 2.45) is 17.8 Å². The molecule has 1 N–H and O–H groups in total. The van der Waals surface area contributed by atoms with Crippen molar-refractivity contribution in [3.05, 3.63) is 93.2 Å². The molecular weight excluding hydrogens is 713 g/mol. The Morgan fingerprint density at radius 1 is 1.04 bits per heavy atom. The molecule has 0 unspecified atom stereocenters. The van der Waals surface area contributed by atoms with Crippen LogP contribution in [0.3, 0.4) is 0 Å².